The van der Waals surface area contributed by atoms with E-state index in [9.17, 15) is 0 Å². The maximum absolute atomic E-state index is 3.54. The summed E-state index contributed by atoms with van der Waals surface area (Å²) >= 11 is 0. The highest BCUT2D eigenvalue weighted by molar-refractivity contribution is 4.68. The molecule has 0 bridgehead atoms. The molecule has 98 valence electrons. The lowest BCUT2D eigenvalue weighted by Gasteiger charge is -2.26. The molecule has 0 radical (unpaired) electrons. The largest absolute Gasteiger partial charge is 0.314 e. The second-order valence-corrected chi connectivity index (χ2v) is 4.76. The molecule has 16 heavy (non-hydrogen) atoms. The van der Waals surface area contributed by atoms with Crippen LogP contribution in [0.15, 0.2) is 0 Å². The predicted molar refractivity (Wildman–Crippen MR) is 74.0 cm³/mol. The summed E-state index contributed by atoms with van der Waals surface area (Å²) in [4.78, 5) is 2.53. The predicted octanol–water partition coefficient (Wildman–Crippen LogP) is 3.28. The first-order valence-electron chi connectivity index (χ1n) is 7.13. The van der Waals surface area contributed by atoms with Gasteiger partial charge in [0.25, 0.3) is 0 Å². The maximum Gasteiger partial charge on any atom is 0.00869 e. The average molecular weight is 228 g/mol. The minimum absolute atomic E-state index is 0.722. The molecule has 0 heterocycles. The maximum atomic E-state index is 3.54. The van der Waals surface area contributed by atoms with Gasteiger partial charge in [0.05, 0.1) is 0 Å². The smallest absolute Gasteiger partial charge is 0.00869 e. The molecule has 0 fully saturated rings. The minimum Gasteiger partial charge on any atom is -0.314 e. The number of rotatable bonds is 10. The second kappa shape index (κ2) is 10.1. The second-order valence-electron chi connectivity index (χ2n) is 4.76. The Bertz CT molecular complexity index is 144. The van der Waals surface area contributed by atoms with Gasteiger partial charge in [-0.2, -0.15) is 0 Å². The van der Waals surface area contributed by atoms with Crippen molar-refractivity contribution >= 4 is 0 Å². The van der Waals surface area contributed by atoms with Crippen molar-refractivity contribution in [3.8, 4) is 0 Å². The molecule has 0 aliphatic carbocycles. The number of hydrogen-bond donors (Lipinski definition) is 1. The molecule has 0 aliphatic heterocycles. The lowest BCUT2D eigenvalue weighted by Crippen LogP contribution is -2.33. The van der Waals surface area contributed by atoms with Gasteiger partial charge in [-0.15, -0.1) is 0 Å². The van der Waals surface area contributed by atoms with Gasteiger partial charge in [0.2, 0.25) is 0 Å². The molecule has 1 atom stereocenters. The molecule has 0 spiro atoms. The molecule has 2 nitrogen and oxygen atoms in total. The van der Waals surface area contributed by atoms with E-state index in [0.717, 1.165) is 18.6 Å². The zero-order valence-electron chi connectivity index (χ0n) is 12.1. The third-order valence-electron chi connectivity index (χ3n) is 3.61. The summed E-state index contributed by atoms with van der Waals surface area (Å²) in [5.41, 5.74) is 0. The molecule has 0 amide bonds. The monoisotopic (exact) mass is 228 g/mol. The van der Waals surface area contributed by atoms with E-state index >= 15 is 0 Å². The Morgan fingerprint density at radius 3 is 2.06 bits per heavy atom. The summed E-state index contributed by atoms with van der Waals surface area (Å²) in [5, 5.41) is 3.54. The van der Waals surface area contributed by atoms with Crippen molar-refractivity contribution in [2.45, 2.75) is 71.9 Å². The molecule has 0 aliphatic rings. The summed E-state index contributed by atoms with van der Waals surface area (Å²) in [7, 11) is 2.27. The summed E-state index contributed by atoms with van der Waals surface area (Å²) in [6.07, 6.45) is 6.44. The van der Waals surface area contributed by atoms with Gasteiger partial charge in [0.1, 0.15) is 0 Å². The van der Waals surface area contributed by atoms with Gasteiger partial charge < -0.3 is 10.2 Å². The molecule has 1 N–H and O–H groups in total. The summed E-state index contributed by atoms with van der Waals surface area (Å²) < 4.78 is 0. The van der Waals surface area contributed by atoms with Gasteiger partial charge in [0, 0.05) is 12.1 Å². The van der Waals surface area contributed by atoms with Crippen molar-refractivity contribution in [1.82, 2.24) is 10.2 Å². The van der Waals surface area contributed by atoms with Crippen LogP contribution in [0, 0.1) is 0 Å². The van der Waals surface area contributed by atoms with Crippen molar-refractivity contribution in [1.29, 1.82) is 0 Å². The highest BCUT2D eigenvalue weighted by Crippen LogP contribution is 2.09. The van der Waals surface area contributed by atoms with Crippen LogP contribution >= 0.6 is 0 Å². The van der Waals surface area contributed by atoms with E-state index in [0.29, 0.717) is 0 Å². The molecule has 0 aromatic heterocycles. The first-order valence-corrected chi connectivity index (χ1v) is 7.13. The van der Waals surface area contributed by atoms with Crippen LogP contribution in [0.3, 0.4) is 0 Å². The fourth-order valence-electron chi connectivity index (χ4n) is 2.42. The third kappa shape index (κ3) is 6.49. The van der Waals surface area contributed by atoms with Crippen molar-refractivity contribution < 1.29 is 0 Å². The van der Waals surface area contributed by atoms with Crippen molar-refractivity contribution in [3.63, 3.8) is 0 Å². The van der Waals surface area contributed by atoms with Crippen LogP contribution in [-0.2, 0) is 0 Å². The van der Waals surface area contributed by atoms with Crippen molar-refractivity contribution in [2.75, 3.05) is 20.1 Å². The van der Waals surface area contributed by atoms with Gasteiger partial charge in [-0.05, 0) is 52.2 Å². The minimum atomic E-state index is 0.722. The van der Waals surface area contributed by atoms with Crippen molar-refractivity contribution in [3.05, 3.63) is 0 Å². The molecule has 0 aromatic carbocycles. The first kappa shape index (κ1) is 15.9. The first-order chi connectivity index (χ1) is 7.69. The quantitative estimate of drug-likeness (QED) is 0.617. The van der Waals surface area contributed by atoms with Gasteiger partial charge >= 0.3 is 0 Å². The number of nitrogens with zero attached hydrogens (tertiary/aromatic N) is 1. The van der Waals surface area contributed by atoms with Crippen LogP contribution in [0.5, 0.6) is 0 Å². The van der Waals surface area contributed by atoms with E-state index in [1.807, 2.05) is 0 Å². The lowest BCUT2D eigenvalue weighted by atomic mass is 10.1. The normalized spacial score (nSPS) is 13.7. The van der Waals surface area contributed by atoms with Crippen LogP contribution in [-0.4, -0.2) is 37.1 Å². The van der Waals surface area contributed by atoms with Crippen LogP contribution in [0.4, 0.5) is 0 Å². The Morgan fingerprint density at radius 1 is 1.00 bits per heavy atom. The fourth-order valence-corrected chi connectivity index (χ4v) is 2.42. The van der Waals surface area contributed by atoms with Gasteiger partial charge in [0.15, 0.2) is 0 Å². The Hall–Kier alpha value is -0.0800. The molecular weight excluding hydrogens is 196 g/mol. The molecule has 0 rings (SSSR count). The topological polar surface area (TPSA) is 15.3 Å². The standard InChI is InChI=1S/C14H32N2/c1-6-13(15-9-4)11-10-12-16(5)14(7-2)8-3/h13-15H,6-12H2,1-5H3. The number of hydrogen-bond acceptors (Lipinski definition) is 2. The van der Waals surface area contributed by atoms with E-state index in [2.05, 4.69) is 45.0 Å². The molecule has 2 heteroatoms. The van der Waals surface area contributed by atoms with Crippen LogP contribution in [0.1, 0.15) is 59.8 Å². The lowest BCUT2D eigenvalue weighted by molar-refractivity contribution is 0.222. The van der Waals surface area contributed by atoms with E-state index < -0.39 is 0 Å². The summed E-state index contributed by atoms with van der Waals surface area (Å²) in [6.45, 7) is 11.4. The molecule has 0 aromatic rings. The number of nitrogens with one attached hydrogen (secondary N) is 1. The van der Waals surface area contributed by atoms with Gasteiger partial charge in [-0.25, -0.2) is 0 Å². The van der Waals surface area contributed by atoms with Crippen molar-refractivity contribution in [2.24, 2.45) is 0 Å². The van der Waals surface area contributed by atoms with E-state index in [-0.39, 0.29) is 0 Å². The summed E-state index contributed by atoms with van der Waals surface area (Å²) in [6, 6.07) is 1.50. The van der Waals surface area contributed by atoms with Crippen LogP contribution < -0.4 is 5.32 Å². The molecule has 0 saturated heterocycles. The third-order valence-corrected chi connectivity index (χ3v) is 3.61. The van der Waals surface area contributed by atoms with Crippen LogP contribution in [0.2, 0.25) is 0 Å². The molecule has 0 saturated carbocycles. The Labute approximate surface area is 103 Å². The van der Waals surface area contributed by atoms with Crippen LogP contribution in [0.25, 0.3) is 0 Å². The van der Waals surface area contributed by atoms with Gasteiger partial charge in [-0.1, -0.05) is 27.7 Å². The highest BCUT2D eigenvalue weighted by atomic mass is 15.1. The van der Waals surface area contributed by atoms with E-state index in [1.54, 1.807) is 0 Å². The fraction of sp³-hybridized carbons (Fsp3) is 1.00. The highest BCUT2D eigenvalue weighted by Gasteiger charge is 2.10. The Kier molecular flexibility index (Phi) is 10.0. The average Bonchev–Trinajstić information content (AvgIpc) is 2.29. The zero-order valence-corrected chi connectivity index (χ0v) is 12.1. The Balaban J connectivity index is 3.70. The zero-order chi connectivity index (χ0) is 12.4. The SMILES string of the molecule is CCNC(CC)CCCN(C)C(CC)CC. The molecular formula is C14H32N2. The summed E-state index contributed by atoms with van der Waals surface area (Å²) in [5.74, 6) is 0. The Morgan fingerprint density at radius 2 is 1.62 bits per heavy atom. The van der Waals surface area contributed by atoms with E-state index in [1.165, 1.54) is 38.6 Å². The molecule has 1 unspecified atom stereocenters. The van der Waals surface area contributed by atoms with E-state index in [4.69, 9.17) is 0 Å². The van der Waals surface area contributed by atoms with Gasteiger partial charge in [-0.3, -0.25) is 0 Å².